The van der Waals surface area contributed by atoms with Gasteiger partial charge in [0, 0.05) is 12.1 Å². The molecule has 0 bridgehead atoms. The summed E-state index contributed by atoms with van der Waals surface area (Å²) in [4.78, 5) is 25.1. The molecule has 0 fully saturated rings. The van der Waals surface area contributed by atoms with Gasteiger partial charge >= 0.3 is 0 Å². The van der Waals surface area contributed by atoms with Gasteiger partial charge in [-0.2, -0.15) is 0 Å². The van der Waals surface area contributed by atoms with Gasteiger partial charge in [0.2, 0.25) is 5.91 Å². The molecule has 178 valence electrons. The van der Waals surface area contributed by atoms with Gasteiger partial charge in [-0.05, 0) is 38.1 Å². The molecule has 0 aliphatic heterocycles. The number of aromatic nitrogens is 3. The van der Waals surface area contributed by atoms with Crippen molar-refractivity contribution < 1.29 is 9.59 Å². The summed E-state index contributed by atoms with van der Waals surface area (Å²) < 4.78 is 1.80. The first kappa shape index (κ1) is 26.1. The first-order chi connectivity index (χ1) is 16.2. The van der Waals surface area contributed by atoms with E-state index >= 15 is 0 Å². The van der Waals surface area contributed by atoms with E-state index in [2.05, 4.69) is 27.4 Å². The van der Waals surface area contributed by atoms with E-state index in [0.717, 1.165) is 5.56 Å². The molecule has 0 radical (unpaired) electrons. The van der Waals surface area contributed by atoms with Crippen molar-refractivity contribution in [3.8, 4) is 0 Å². The van der Waals surface area contributed by atoms with E-state index < -0.39 is 6.04 Å². The molecule has 7 nitrogen and oxygen atoms in total. The Morgan fingerprint density at radius 3 is 2.47 bits per heavy atom. The summed E-state index contributed by atoms with van der Waals surface area (Å²) in [6, 6.07) is 9.84. The van der Waals surface area contributed by atoms with E-state index in [4.69, 9.17) is 34.8 Å². The summed E-state index contributed by atoms with van der Waals surface area (Å²) in [5, 5.41) is 15.5. The number of carbonyl (C=O) groups excluding carboxylic acids is 2. The summed E-state index contributed by atoms with van der Waals surface area (Å²) >= 11 is 19.3. The molecule has 11 heteroatoms. The van der Waals surface area contributed by atoms with Crippen LogP contribution in [0.2, 0.25) is 15.1 Å². The van der Waals surface area contributed by atoms with Crippen molar-refractivity contribution >= 4 is 64.1 Å². The quantitative estimate of drug-likeness (QED) is 0.199. The van der Waals surface area contributed by atoms with Gasteiger partial charge in [0.15, 0.2) is 11.0 Å². The lowest BCUT2D eigenvalue weighted by atomic mass is 10.1. The number of rotatable bonds is 9. The highest BCUT2D eigenvalue weighted by Crippen LogP contribution is 2.32. The fourth-order valence-electron chi connectivity index (χ4n) is 3.01. The van der Waals surface area contributed by atoms with Gasteiger partial charge in [0.1, 0.15) is 0 Å². The number of allylic oxidation sites excluding steroid dienone is 1. The van der Waals surface area contributed by atoms with Crippen molar-refractivity contribution in [3.05, 3.63) is 81.1 Å². The molecule has 34 heavy (non-hydrogen) atoms. The van der Waals surface area contributed by atoms with Crippen LogP contribution in [0.5, 0.6) is 0 Å². The van der Waals surface area contributed by atoms with Crippen LogP contribution >= 0.6 is 46.6 Å². The highest BCUT2D eigenvalue weighted by Gasteiger charge is 2.21. The first-order valence-corrected chi connectivity index (χ1v) is 12.3. The van der Waals surface area contributed by atoms with Crippen LogP contribution in [0.25, 0.3) is 0 Å². The van der Waals surface area contributed by atoms with Gasteiger partial charge in [0.25, 0.3) is 5.91 Å². The van der Waals surface area contributed by atoms with E-state index in [0.29, 0.717) is 33.8 Å². The zero-order chi connectivity index (χ0) is 24.8. The van der Waals surface area contributed by atoms with Crippen molar-refractivity contribution in [3.63, 3.8) is 0 Å². The number of carbonyl (C=O) groups is 2. The molecule has 1 heterocycles. The van der Waals surface area contributed by atoms with Gasteiger partial charge in [-0.15, -0.1) is 16.8 Å². The van der Waals surface area contributed by atoms with Crippen molar-refractivity contribution in [2.24, 2.45) is 0 Å². The van der Waals surface area contributed by atoms with Crippen LogP contribution < -0.4 is 10.6 Å². The average molecular weight is 539 g/mol. The molecule has 3 aromatic rings. The van der Waals surface area contributed by atoms with E-state index in [1.807, 2.05) is 26.0 Å². The van der Waals surface area contributed by atoms with Gasteiger partial charge in [-0.25, -0.2) is 0 Å². The Balaban J connectivity index is 1.67. The molecule has 3 rings (SSSR count). The smallest absolute Gasteiger partial charge is 0.251 e. The van der Waals surface area contributed by atoms with E-state index in [1.54, 1.807) is 22.8 Å². The third-order valence-electron chi connectivity index (χ3n) is 4.72. The number of hydrogen-bond donors (Lipinski definition) is 2. The maximum atomic E-state index is 12.6. The standard InChI is InChI=1S/C23H22Cl3N5O2S/c1-4-9-31-21(14(3)27-22(33)15-7-5-13(2)6-8-15)29-30-23(31)34-12-20(32)28-19-11-17(25)16(24)10-18(19)26/h4-8,10-11,14H,1,9,12H2,2-3H3,(H,27,33)(H,28,32)/t14-/m1/s1. The molecule has 2 aromatic carbocycles. The normalized spacial score (nSPS) is 11.7. The summed E-state index contributed by atoms with van der Waals surface area (Å²) in [5.41, 5.74) is 1.99. The highest BCUT2D eigenvalue weighted by molar-refractivity contribution is 7.99. The topological polar surface area (TPSA) is 88.9 Å². The average Bonchev–Trinajstić information content (AvgIpc) is 3.19. The SMILES string of the molecule is C=CCn1c(SCC(=O)Nc2cc(Cl)c(Cl)cc2Cl)nnc1[C@@H](C)NC(=O)c1ccc(C)cc1. The van der Waals surface area contributed by atoms with E-state index in [-0.39, 0.29) is 27.6 Å². The second kappa shape index (κ2) is 11.8. The molecule has 0 saturated heterocycles. The van der Waals surface area contributed by atoms with Crippen LogP contribution in [-0.4, -0.2) is 32.3 Å². The number of halogens is 3. The van der Waals surface area contributed by atoms with Crippen molar-refractivity contribution in [2.75, 3.05) is 11.1 Å². The molecule has 0 saturated carbocycles. The number of aryl methyl sites for hydroxylation is 1. The van der Waals surface area contributed by atoms with Gasteiger partial charge in [-0.1, -0.05) is 70.3 Å². The lowest BCUT2D eigenvalue weighted by molar-refractivity contribution is -0.113. The molecule has 0 unspecified atom stereocenters. The summed E-state index contributed by atoms with van der Waals surface area (Å²) in [6.07, 6.45) is 1.70. The molecule has 0 aliphatic rings. The fraction of sp³-hybridized carbons (Fsp3) is 0.217. The van der Waals surface area contributed by atoms with Gasteiger partial charge in [0.05, 0.1) is 32.5 Å². The Morgan fingerprint density at radius 2 is 1.79 bits per heavy atom. The minimum atomic E-state index is -0.417. The Bertz CT molecular complexity index is 1210. The summed E-state index contributed by atoms with van der Waals surface area (Å²) in [5.74, 6) is 0.0833. The minimum absolute atomic E-state index is 0.0515. The number of thioether (sulfide) groups is 1. The van der Waals surface area contributed by atoms with E-state index in [1.165, 1.54) is 23.9 Å². The molecule has 2 N–H and O–H groups in total. The Kier molecular flexibility index (Phi) is 9.02. The zero-order valence-corrected chi connectivity index (χ0v) is 21.5. The first-order valence-electron chi connectivity index (χ1n) is 10.2. The maximum Gasteiger partial charge on any atom is 0.251 e. The van der Waals surface area contributed by atoms with Crippen LogP contribution in [0.15, 0.2) is 54.2 Å². The number of nitrogens with zero attached hydrogens (tertiary/aromatic N) is 3. The third kappa shape index (κ3) is 6.54. The van der Waals surface area contributed by atoms with Crippen LogP contribution in [0.3, 0.4) is 0 Å². The van der Waals surface area contributed by atoms with Gasteiger partial charge in [-0.3, -0.25) is 9.59 Å². The molecule has 1 aromatic heterocycles. The van der Waals surface area contributed by atoms with Crippen molar-refractivity contribution in [1.82, 2.24) is 20.1 Å². The molecule has 2 amide bonds. The Morgan fingerprint density at radius 1 is 1.12 bits per heavy atom. The molecular formula is C23H22Cl3N5O2S. The lowest BCUT2D eigenvalue weighted by Crippen LogP contribution is -2.28. The maximum absolute atomic E-state index is 12.6. The second-order valence-electron chi connectivity index (χ2n) is 7.38. The van der Waals surface area contributed by atoms with Crippen LogP contribution in [0, 0.1) is 6.92 Å². The molecule has 1 atom stereocenters. The van der Waals surface area contributed by atoms with Crippen LogP contribution in [-0.2, 0) is 11.3 Å². The van der Waals surface area contributed by atoms with Crippen molar-refractivity contribution in [1.29, 1.82) is 0 Å². The highest BCUT2D eigenvalue weighted by atomic mass is 35.5. The lowest BCUT2D eigenvalue weighted by Gasteiger charge is -2.15. The number of benzene rings is 2. The zero-order valence-electron chi connectivity index (χ0n) is 18.4. The van der Waals surface area contributed by atoms with Crippen LogP contribution in [0.4, 0.5) is 5.69 Å². The second-order valence-corrected chi connectivity index (χ2v) is 9.55. The predicted octanol–water partition coefficient (Wildman–Crippen LogP) is 5.95. The van der Waals surface area contributed by atoms with Crippen molar-refractivity contribution in [2.45, 2.75) is 31.6 Å². The Labute approximate surface area is 216 Å². The number of nitrogens with one attached hydrogen (secondary N) is 2. The molecule has 0 spiro atoms. The molecular weight excluding hydrogens is 517 g/mol. The summed E-state index contributed by atoms with van der Waals surface area (Å²) in [6.45, 7) is 7.97. The number of hydrogen-bond acceptors (Lipinski definition) is 5. The monoisotopic (exact) mass is 537 g/mol. The fourth-order valence-corrected chi connectivity index (χ4v) is 4.36. The minimum Gasteiger partial charge on any atom is -0.342 e. The number of amides is 2. The summed E-state index contributed by atoms with van der Waals surface area (Å²) in [7, 11) is 0. The van der Waals surface area contributed by atoms with E-state index in [9.17, 15) is 9.59 Å². The predicted molar refractivity (Wildman–Crippen MR) is 138 cm³/mol. The third-order valence-corrected chi connectivity index (χ3v) is 6.72. The largest absolute Gasteiger partial charge is 0.342 e. The van der Waals surface area contributed by atoms with Gasteiger partial charge < -0.3 is 15.2 Å². The number of anilines is 1. The molecule has 0 aliphatic carbocycles. The van der Waals surface area contributed by atoms with Crippen LogP contribution in [0.1, 0.15) is 34.7 Å². The Hall–Kier alpha value is -2.52.